The van der Waals surface area contributed by atoms with Gasteiger partial charge in [-0.1, -0.05) is 30.3 Å². The Labute approximate surface area is 162 Å². The molecule has 2 amide bonds. The van der Waals surface area contributed by atoms with Crippen molar-refractivity contribution in [2.24, 2.45) is 4.99 Å². The number of amides is 2. The third-order valence-corrected chi connectivity index (χ3v) is 4.07. The van der Waals surface area contributed by atoms with Gasteiger partial charge in [0.25, 0.3) is 5.91 Å². The summed E-state index contributed by atoms with van der Waals surface area (Å²) in [4.78, 5) is 29.3. The van der Waals surface area contributed by atoms with Crippen LogP contribution in [0.3, 0.4) is 0 Å². The number of nitrogens with one attached hydrogen (secondary N) is 2. The van der Waals surface area contributed by atoms with Crippen LogP contribution in [0.15, 0.2) is 47.5 Å². The number of carbonyl (C=O) groups is 2. The van der Waals surface area contributed by atoms with Gasteiger partial charge in [-0.3, -0.25) is 10.1 Å². The molecule has 0 saturated carbocycles. The smallest absolute Gasteiger partial charge is 0.409 e. The summed E-state index contributed by atoms with van der Waals surface area (Å²) >= 11 is 0. The number of fused-ring (bicyclic) bond motifs is 1. The van der Waals surface area contributed by atoms with Gasteiger partial charge >= 0.3 is 6.09 Å². The highest BCUT2D eigenvalue weighted by Crippen LogP contribution is 2.28. The molecule has 146 valence electrons. The highest BCUT2D eigenvalue weighted by atomic mass is 19.1. The number of halogens is 1. The Hall–Kier alpha value is -3.22. The Morgan fingerprint density at radius 2 is 1.82 bits per heavy atom. The van der Waals surface area contributed by atoms with Crippen molar-refractivity contribution in [3.63, 3.8) is 0 Å². The summed E-state index contributed by atoms with van der Waals surface area (Å²) in [5.41, 5.74) is 1.68. The molecule has 1 unspecified atom stereocenters. The van der Waals surface area contributed by atoms with E-state index in [4.69, 9.17) is 4.74 Å². The summed E-state index contributed by atoms with van der Waals surface area (Å²) in [7, 11) is 0. The predicted molar refractivity (Wildman–Crippen MR) is 105 cm³/mol. The maximum atomic E-state index is 14.5. The number of hydrogen-bond acceptors (Lipinski definition) is 4. The topological polar surface area (TPSA) is 79.8 Å². The van der Waals surface area contributed by atoms with Crippen molar-refractivity contribution >= 4 is 23.4 Å². The molecule has 7 heteroatoms. The summed E-state index contributed by atoms with van der Waals surface area (Å²) < 4.78 is 19.7. The van der Waals surface area contributed by atoms with Crippen molar-refractivity contribution < 1.29 is 18.7 Å². The minimum Gasteiger partial charge on any atom is -0.444 e. The number of para-hydroxylation sites is 1. The van der Waals surface area contributed by atoms with Gasteiger partial charge in [0.05, 0.1) is 11.4 Å². The van der Waals surface area contributed by atoms with Gasteiger partial charge in [0.2, 0.25) is 6.17 Å². The molecule has 1 aliphatic rings. The van der Waals surface area contributed by atoms with E-state index in [1.807, 2.05) is 13.0 Å². The van der Waals surface area contributed by atoms with E-state index >= 15 is 0 Å². The number of carbonyl (C=O) groups excluding carboxylic acids is 2. The molecule has 6 nitrogen and oxygen atoms in total. The number of hydrogen-bond donors (Lipinski definition) is 2. The monoisotopic (exact) mass is 383 g/mol. The number of rotatable bonds is 2. The summed E-state index contributed by atoms with van der Waals surface area (Å²) in [5, 5.41) is 5.24. The highest BCUT2D eigenvalue weighted by Gasteiger charge is 2.30. The second kappa shape index (κ2) is 7.42. The fourth-order valence-corrected chi connectivity index (χ4v) is 2.86. The van der Waals surface area contributed by atoms with Gasteiger partial charge in [0.1, 0.15) is 11.4 Å². The van der Waals surface area contributed by atoms with E-state index in [9.17, 15) is 14.0 Å². The first-order chi connectivity index (χ1) is 13.2. The third-order valence-electron chi connectivity index (χ3n) is 4.07. The summed E-state index contributed by atoms with van der Waals surface area (Å²) in [6.45, 7) is 6.98. The lowest BCUT2D eigenvalue weighted by Crippen LogP contribution is -2.44. The summed E-state index contributed by atoms with van der Waals surface area (Å²) in [5.74, 6) is -1.01. The Kier molecular flexibility index (Phi) is 5.18. The summed E-state index contributed by atoms with van der Waals surface area (Å²) in [6, 6.07) is 11.6. The molecule has 0 fully saturated rings. The summed E-state index contributed by atoms with van der Waals surface area (Å²) in [6.07, 6.45) is -2.05. The molecule has 2 N–H and O–H groups in total. The van der Waals surface area contributed by atoms with Crippen molar-refractivity contribution in [1.82, 2.24) is 5.32 Å². The van der Waals surface area contributed by atoms with Gasteiger partial charge in [-0.05, 0) is 45.4 Å². The molecule has 3 rings (SSSR count). The zero-order valence-electron chi connectivity index (χ0n) is 16.2. The van der Waals surface area contributed by atoms with Crippen LogP contribution in [0.25, 0.3) is 0 Å². The van der Waals surface area contributed by atoms with Crippen molar-refractivity contribution in [1.29, 1.82) is 0 Å². The molecule has 0 aromatic heterocycles. The Morgan fingerprint density at radius 3 is 2.50 bits per heavy atom. The van der Waals surface area contributed by atoms with Crippen LogP contribution in [0.2, 0.25) is 0 Å². The van der Waals surface area contributed by atoms with Crippen LogP contribution < -0.4 is 10.6 Å². The van der Waals surface area contributed by atoms with Gasteiger partial charge < -0.3 is 10.1 Å². The first-order valence-electron chi connectivity index (χ1n) is 8.89. The predicted octanol–water partition coefficient (Wildman–Crippen LogP) is 3.77. The molecular weight excluding hydrogens is 361 g/mol. The Balaban J connectivity index is 2.08. The lowest BCUT2D eigenvalue weighted by atomic mass is 9.98. The van der Waals surface area contributed by atoms with Crippen molar-refractivity contribution in [3.8, 4) is 0 Å². The average molecular weight is 383 g/mol. The molecule has 28 heavy (non-hydrogen) atoms. The SMILES string of the molecule is Cc1cccc2c1NC(=O)C(NC(=O)OC(C)(C)C)N=C2c1ccccc1F. The minimum absolute atomic E-state index is 0.238. The third kappa shape index (κ3) is 4.19. The average Bonchev–Trinajstić information content (AvgIpc) is 2.72. The van der Waals surface area contributed by atoms with Gasteiger partial charge in [-0.2, -0.15) is 0 Å². The van der Waals surface area contributed by atoms with Gasteiger partial charge in [0, 0.05) is 11.1 Å². The number of ether oxygens (including phenoxy) is 1. The normalized spacial score (nSPS) is 16.4. The Bertz CT molecular complexity index is 964. The van der Waals surface area contributed by atoms with Crippen LogP contribution in [0.1, 0.15) is 37.5 Å². The highest BCUT2D eigenvalue weighted by molar-refractivity contribution is 6.20. The Morgan fingerprint density at radius 1 is 1.14 bits per heavy atom. The number of anilines is 1. The van der Waals surface area contributed by atoms with E-state index in [0.29, 0.717) is 11.3 Å². The number of alkyl carbamates (subject to hydrolysis) is 1. The molecule has 1 heterocycles. The molecule has 0 radical (unpaired) electrons. The van der Waals surface area contributed by atoms with E-state index in [2.05, 4.69) is 15.6 Å². The zero-order chi connectivity index (χ0) is 20.5. The fraction of sp³-hybridized carbons (Fsp3) is 0.286. The van der Waals surface area contributed by atoms with Crippen LogP contribution in [0, 0.1) is 12.7 Å². The maximum absolute atomic E-state index is 14.5. The van der Waals surface area contributed by atoms with Crippen LogP contribution in [0.4, 0.5) is 14.9 Å². The van der Waals surface area contributed by atoms with Crippen LogP contribution in [-0.2, 0) is 9.53 Å². The molecule has 0 aliphatic carbocycles. The van der Waals surface area contributed by atoms with E-state index in [0.717, 1.165) is 5.56 Å². The first-order valence-corrected chi connectivity index (χ1v) is 8.89. The lowest BCUT2D eigenvalue weighted by molar-refractivity contribution is -0.118. The second-order valence-electron chi connectivity index (χ2n) is 7.49. The number of benzene rings is 2. The van der Waals surface area contributed by atoms with Crippen LogP contribution >= 0.6 is 0 Å². The number of benzodiazepines with no additional fused rings is 1. The quantitative estimate of drug-likeness (QED) is 0.828. The van der Waals surface area contributed by atoms with Gasteiger partial charge in [0.15, 0.2) is 0 Å². The minimum atomic E-state index is -1.27. The number of nitrogens with zero attached hydrogens (tertiary/aromatic N) is 1. The standard InChI is InChI=1S/C21H22FN3O3/c1-12-8-7-10-14-16(12)24-19(26)18(25-20(27)28-21(2,3)4)23-17(14)13-9-5-6-11-15(13)22/h5-11,18H,1-4H3,(H,24,26)(H,25,27). The maximum Gasteiger partial charge on any atom is 0.409 e. The van der Waals surface area contributed by atoms with E-state index in [-0.39, 0.29) is 11.3 Å². The largest absolute Gasteiger partial charge is 0.444 e. The lowest BCUT2D eigenvalue weighted by Gasteiger charge is -2.21. The molecule has 1 atom stereocenters. The molecule has 0 spiro atoms. The van der Waals surface area contributed by atoms with E-state index in [1.165, 1.54) is 6.07 Å². The van der Waals surface area contributed by atoms with E-state index in [1.54, 1.807) is 51.1 Å². The zero-order valence-corrected chi connectivity index (χ0v) is 16.2. The molecule has 2 aromatic carbocycles. The second-order valence-corrected chi connectivity index (χ2v) is 7.49. The van der Waals surface area contributed by atoms with Crippen molar-refractivity contribution in [2.45, 2.75) is 39.5 Å². The number of aliphatic imine (C=N–C) groups is 1. The fourth-order valence-electron chi connectivity index (χ4n) is 2.86. The molecule has 2 aromatic rings. The van der Waals surface area contributed by atoms with Crippen molar-refractivity contribution in [2.75, 3.05) is 5.32 Å². The molecule has 0 bridgehead atoms. The van der Waals surface area contributed by atoms with Crippen LogP contribution in [-0.4, -0.2) is 29.5 Å². The van der Waals surface area contributed by atoms with Crippen molar-refractivity contribution in [3.05, 3.63) is 65.0 Å². The van der Waals surface area contributed by atoms with Gasteiger partial charge in [-0.15, -0.1) is 0 Å². The molecular formula is C21H22FN3O3. The van der Waals surface area contributed by atoms with Crippen LogP contribution in [0.5, 0.6) is 0 Å². The first kappa shape index (κ1) is 19.5. The van der Waals surface area contributed by atoms with E-state index < -0.39 is 29.6 Å². The number of aryl methyl sites for hydroxylation is 1. The molecule has 0 saturated heterocycles. The molecule has 1 aliphatic heterocycles. The van der Waals surface area contributed by atoms with Gasteiger partial charge in [-0.25, -0.2) is 14.2 Å².